The highest BCUT2D eigenvalue weighted by molar-refractivity contribution is 9.10. The maximum atomic E-state index is 5.56. The van der Waals surface area contributed by atoms with E-state index in [1.807, 2.05) is 12.1 Å². The Morgan fingerprint density at radius 1 is 1.50 bits per heavy atom. The average molecular weight is 286 g/mol. The SMILES string of the molecule is CC(NC1CCC(C)(C)C1)c1ccc(Br)o1. The van der Waals surface area contributed by atoms with E-state index in [0.29, 0.717) is 17.5 Å². The molecule has 0 bridgehead atoms. The topological polar surface area (TPSA) is 25.2 Å². The van der Waals surface area contributed by atoms with Gasteiger partial charge in [0.2, 0.25) is 0 Å². The second-order valence-electron chi connectivity index (χ2n) is 5.63. The normalized spacial score (nSPS) is 25.9. The number of halogens is 1. The predicted molar refractivity (Wildman–Crippen MR) is 69.4 cm³/mol. The fraction of sp³-hybridized carbons (Fsp3) is 0.692. The fourth-order valence-corrected chi connectivity index (χ4v) is 2.89. The van der Waals surface area contributed by atoms with Crippen molar-refractivity contribution in [1.82, 2.24) is 5.32 Å². The molecular formula is C13H20BrNO. The maximum absolute atomic E-state index is 5.56. The summed E-state index contributed by atoms with van der Waals surface area (Å²) in [5.74, 6) is 1.01. The first-order valence-electron chi connectivity index (χ1n) is 5.97. The lowest BCUT2D eigenvalue weighted by atomic mass is 9.92. The van der Waals surface area contributed by atoms with Crippen molar-refractivity contribution in [3.63, 3.8) is 0 Å². The van der Waals surface area contributed by atoms with Crippen LogP contribution in [0.25, 0.3) is 0 Å². The van der Waals surface area contributed by atoms with Gasteiger partial charge in [-0.25, -0.2) is 0 Å². The van der Waals surface area contributed by atoms with Crippen molar-refractivity contribution in [3.8, 4) is 0 Å². The molecule has 16 heavy (non-hydrogen) atoms. The van der Waals surface area contributed by atoms with Crippen LogP contribution in [0.3, 0.4) is 0 Å². The summed E-state index contributed by atoms with van der Waals surface area (Å²) in [6.45, 7) is 6.86. The van der Waals surface area contributed by atoms with Crippen molar-refractivity contribution in [1.29, 1.82) is 0 Å². The number of nitrogens with one attached hydrogen (secondary N) is 1. The molecule has 1 aromatic heterocycles. The highest BCUT2D eigenvalue weighted by atomic mass is 79.9. The van der Waals surface area contributed by atoms with E-state index in [1.54, 1.807) is 0 Å². The third kappa shape index (κ3) is 2.89. The van der Waals surface area contributed by atoms with E-state index in [-0.39, 0.29) is 0 Å². The van der Waals surface area contributed by atoms with Gasteiger partial charge in [-0.15, -0.1) is 0 Å². The summed E-state index contributed by atoms with van der Waals surface area (Å²) in [4.78, 5) is 0. The Balaban J connectivity index is 1.91. The van der Waals surface area contributed by atoms with E-state index in [1.165, 1.54) is 19.3 Å². The highest BCUT2D eigenvalue weighted by Crippen LogP contribution is 2.37. The van der Waals surface area contributed by atoms with Crippen molar-refractivity contribution in [2.24, 2.45) is 5.41 Å². The minimum atomic E-state index is 0.296. The molecule has 2 nitrogen and oxygen atoms in total. The van der Waals surface area contributed by atoms with E-state index in [2.05, 4.69) is 42.0 Å². The summed E-state index contributed by atoms with van der Waals surface area (Å²) >= 11 is 3.34. The van der Waals surface area contributed by atoms with Crippen LogP contribution in [0, 0.1) is 5.41 Å². The van der Waals surface area contributed by atoms with Crippen LogP contribution in [-0.2, 0) is 0 Å². The van der Waals surface area contributed by atoms with Crippen molar-refractivity contribution >= 4 is 15.9 Å². The van der Waals surface area contributed by atoms with Crippen LogP contribution >= 0.6 is 15.9 Å². The minimum Gasteiger partial charge on any atom is -0.453 e. The molecule has 0 spiro atoms. The summed E-state index contributed by atoms with van der Waals surface area (Å²) in [6.07, 6.45) is 3.86. The zero-order valence-electron chi connectivity index (χ0n) is 10.2. The lowest BCUT2D eigenvalue weighted by Crippen LogP contribution is -2.29. The van der Waals surface area contributed by atoms with Crippen molar-refractivity contribution in [2.75, 3.05) is 0 Å². The van der Waals surface area contributed by atoms with Crippen LogP contribution in [0.1, 0.15) is 51.8 Å². The molecule has 1 N–H and O–H groups in total. The molecule has 0 aromatic carbocycles. The molecule has 1 saturated carbocycles. The first kappa shape index (κ1) is 12.2. The van der Waals surface area contributed by atoms with Gasteiger partial charge in [-0.2, -0.15) is 0 Å². The lowest BCUT2D eigenvalue weighted by Gasteiger charge is -2.20. The smallest absolute Gasteiger partial charge is 0.169 e. The van der Waals surface area contributed by atoms with Crippen LogP contribution in [0.15, 0.2) is 21.2 Å². The molecule has 1 heterocycles. The van der Waals surface area contributed by atoms with E-state index >= 15 is 0 Å². The Labute approximate surface area is 106 Å². The van der Waals surface area contributed by atoms with Gasteiger partial charge in [0, 0.05) is 6.04 Å². The molecule has 3 heteroatoms. The van der Waals surface area contributed by atoms with Crippen LogP contribution < -0.4 is 5.32 Å². The quantitative estimate of drug-likeness (QED) is 0.897. The van der Waals surface area contributed by atoms with E-state index in [9.17, 15) is 0 Å². The number of furan rings is 1. The first-order chi connectivity index (χ1) is 7.46. The third-order valence-electron chi connectivity index (χ3n) is 3.48. The summed E-state index contributed by atoms with van der Waals surface area (Å²) in [7, 11) is 0. The van der Waals surface area contributed by atoms with Gasteiger partial charge in [0.1, 0.15) is 5.76 Å². The van der Waals surface area contributed by atoms with Gasteiger partial charge in [0.15, 0.2) is 4.67 Å². The molecule has 2 rings (SSSR count). The molecule has 1 aromatic rings. The van der Waals surface area contributed by atoms with Crippen LogP contribution in [0.2, 0.25) is 0 Å². The van der Waals surface area contributed by atoms with Crippen LogP contribution in [-0.4, -0.2) is 6.04 Å². The molecule has 0 amide bonds. The van der Waals surface area contributed by atoms with Crippen LogP contribution in [0.5, 0.6) is 0 Å². The molecule has 0 aliphatic heterocycles. The van der Waals surface area contributed by atoms with Gasteiger partial charge in [0.05, 0.1) is 6.04 Å². The van der Waals surface area contributed by atoms with Gasteiger partial charge >= 0.3 is 0 Å². The Kier molecular flexibility index (Phi) is 3.45. The molecule has 0 radical (unpaired) electrons. The molecule has 1 aliphatic rings. The zero-order chi connectivity index (χ0) is 11.8. The monoisotopic (exact) mass is 285 g/mol. The molecule has 2 unspecified atom stereocenters. The summed E-state index contributed by atoms with van der Waals surface area (Å²) in [5, 5.41) is 3.65. The van der Waals surface area contributed by atoms with E-state index < -0.39 is 0 Å². The lowest BCUT2D eigenvalue weighted by molar-refractivity contribution is 0.341. The predicted octanol–water partition coefficient (Wildman–Crippen LogP) is 4.27. The molecule has 1 fully saturated rings. The van der Waals surface area contributed by atoms with E-state index in [0.717, 1.165) is 10.4 Å². The molecule has 0 saturated heterocycles. The molecule has 90 valence electrons. The van der Waals surface area contributed by atoms with Gasteiger partial charge in [-0.3, -0.25) is 0 Å². The maximum Gasteiger partial charge on any atom is 0.169 e. The summed E-state index contributed by atoms with van der Waals surface area (Å²) in [6, 6.07) is 4.91. The zero-order valence-corrected chi connectivity index (χ0v) is 11.8. The summed E-state index contributed by atoms with van der Waals surface area (Å²) < 4.78 is 6.37. The van der Waals surface area contributed by atoms with E-state index in [4.69, 9.17) is 4.42 Å². The Morgan fingerprint density at radius 2 is 2.25 bits per heavy atom. The Morgan fingerprint density at radius 3 is 2.75 bits per heavy atom. The number of hydrogen-bond donors (Lipinski definition) is 1. The average Bonchev–Trinajstić information content (AvgIpc) is 2.73. The molecule has 1 aliphatic carbocycles. The number of hydrogen-bond acceptors (Lipinski definition) is 2. The Bertz CT molecular complexity index is 359. The first-order valence-corrected chi connectivity index (χ1v) is 6.77. The highest BCUT2D eigenvalue weighted by Gasteiger charge is 2.31. The largest absolute Gasteiger partial charge is 0.453 e. The van der Waals surface area contributed by atoms with Crippen molar-refractivity contribution in [3.05, 3.63) is 22.6 Å². The third-order valence-corrected chi connectivity index (χ3v) is 3.90. The second kappa shape index (κ2) is 4.53. The number of rotatable bonds is 3. The Hall–Kier alpha value is -0.280. The second-order valence-corrected chi connectivity index (χ2v) is 6.42. The van der Waals surface area contributed by atoms with Crippen molar-refractivity contribution in [2.45, 2.75) is 52.1 Å². The van der Waals surface area contributed by atoms with Crippen molar-refractivity contribution < 1.29 is 4.42 Å². The fourth-order valence-electron chi connectivity index (χ4n) is 2.58. The standard InChI is InChI=1S/C13H20BrNO/c1-9(11-4-5-12(14)16-11)15-10-6-7-13(2,3)8-10/h4-5,9-10,15H,6-8H2,1-3H3. The molecular weight excluding hydrogens is 266 g/mol. The summed E-state index contributed by atoms with van der Waals surface area (Å²) in [5.41, 5.74) is 0.501. The molecule has 2 atom stereocenters. The van der Waals surface area contributed by atoms with Gasteiger partial charge < -0.3 is 9.73 Å². The van der Waals surface area contributed by atoms with Gasteiger partial charge in [-0.1, -0.05) is 13.8 Å². The minimum absolute atomic E-state index is 0.296. The van der Waals surface area contributed by atoms with Gasteiger partial charge in [0.25, 0.3) is 0 Å². The van der Waals surface area contributed by atoms with Crippen LogP contribution in [0.4, 0.5) is 0 Å². The van der Waals surface area contributed by atoms with Gasteiger partial charge in [-0.05, 0) is 59.7 Å².